The zero-order chi connectivity index (χ0) is 66.1. The average Bonchev–Trinajstić information content (AvgIpc) is 2.51. The van der Waals surface area contributed by atoms with Crippen molar-refractivity contribution >= 4 is 89.6 Å². The molecule has 89 heavy (non-hydrogen) atoms. The van der Waals surface area contributed by atoms with Crippen molar-refractivity contribution in [1.29, 1.82) is 0 Å². The number of thiol groups is 1. The lowest BCUT2D eigenvalue weighted by molar-refractivity contribution is -0.145. The van der Waals surface area contributed by atoms with Crippen LogP contribution in [0, 0.1) is 11.8 Å². The number of benzene rings is 2. The molecule has 31 heteroatoms. The number of carboxylic acids is 1. The number of phenols is 1. The zero-order valence-corrected chi connectivity index (χ0v) is 51.6. The molecule has 0 saturated carbocycles. The van der Waals surface area contributed by atoms with Crippen molar-refractivity contribution in [3.8, 4) is 5.75 Å². The van der Waals surface area contributed by atoms with Crippen LogP contribution in [0.1, 0.15) is 103 Å². The first-order valence-electron chi connectivity index (χ1n) is 29.6. The van der Waals surface area contributed by atoms with Gasteiger partial charge < -0.3 is 91.6 Å². The zero-order valence-electron chi connectivity index (χ0n) is 50.7. The fraction of sp³-hybridized carbons (Fsp3) is 0.569. The quantitative estimate of drug-likeness (QED) is 0.0138. The molecule has 2 fully saturated rings. The van der Waals surface area contributed by atoms with Crippen LogP contribution in [-0.4, -0.2) is 189 Å². The molecule has 2 aliphatic heterocycles. The van der Waals surface area contributed by atoms with Gasteiger partial charge in [0.05, 0.1) is 12.5 Å². The minimum absolute atomic E-state index is 0.00714. The van der Waals surface area contributed by atoms with Crippen LogP contribution in [0.2, 0.25) is 0 Å². The molecule has 2 heterocycles. The van der Waals surface area contributed by atoms with Crippen molar-refractivity contribution in [2.75, 3.05) is 31.9 Å². The second-order valence-corrected chi connectivity index (χ2v) is 23.2. The molecule has 0 bridgehead atoms. The normalized spacial score (nSPS) is 17.3. The number of carboxylic acid groups (broad SMARTS) is 1. The Hall–Kier alpha value is -8.74. The number of carbonyl (C=O) groups is 11. The minimum Gasteiger partial charge on any atom is -0.508 e. The van der Waals surface area contributed by atoms with Crippen molar-refractivity contribution in [1.82, 2.24) is 47.0 Å². The highest BCUT2D eigenvalue weighted by Crippen LogP contribution is 2.24. The number of guanidine groups is 2. The van der Waals surface area contributed by atoms with E-state index < -0.39 is 138 Å². The molecule has 490 valence electrons. The van der Waals surface area contributed by atoms with Crippen molar-refractivity contribution in [3.63, 3.8) is 0 Å². The Morgan fingerprint density at radius 2 is 1.04 bits per heavy atom. The third-order valence-electron chi connectivity index (χ3n) is 14.9. The molecule has 0 unspecified atom stereocenters. The van der Waals surface area contributed by atoms with E-state index in [1.165, 1.54) is 34.1 Å². The number of amides is 10. The standard InChI is InChI=1S/C58H89N17O13S/c1-31(2)26-41(56(87)88)71-49(80)39(29-45(60)77)68-50(81)42(30-89)72-48(79)38(27-34-18-20-35(76)21-19-34)69-53(84)46(32(3)4)73-52(83)44-17-11-24-74(44)54(85)37(15-9-23-66-58(63)64)67-51(82)43-16-10-25-75(43)55(86)40(28-33-12-6-5-7-13-33)70-47(78)36(59)14-8-22-65-57(61)62/h5-7,12-13,18-21,31-32,36-44,46,76,89H,8-11,14-17,22-30,59H2,1-4H3,(H2,60,77)(H,67,82)(H,68,81)(H,69,84)(H,70,78)(H,71,80)(H,72,79)(H,73,83)(H,87,88)(H4,61,62,65)(H4,63,64,66)/t36-,37-,38-,39-,40-,41-,42-,43-,44-,46-/m0/s1. The first kappa shape index (κ1) is 72.7. The second-order valence-electron chi connectivity index (χ2n) is 22.9. The van der Waals surface area contributed by atoms with Crippen LogP contribution in [0.15, 0.2) is 64.6 Å². The number of nitrogens with zero attached hydrogens (tertiary/aromatic N) is 4. The number of rotatable bonds is 35. The summed E-state index contributed by atoms with van der Waals surface area (Å²) in [5, 5.41) is 37.9. The number of aromatic hydroxyl groups is 1. The number of primary amides is 1. The molecular formula is C58H89N17O13S. The van der Waals surface area contributed by atoms with E-state index in [4.69, 9.17) is 34.4 Å². The summed E-state index contributed by atoms with van der Waals surface area (Å²) >= 11 is 4.23. The number of nitrogens with two attached hydrogens (primary N) is 6. The van der Waals surface area contributed by atoms with E-state index >= 15 is 0 Å². The summed E-state index contributed by atoms with van der Waals surface area (Å²) in [4.78, 5) is 162. The van der Waals surface area contributed by atoms with Gasteiger partial charge >= 0.3 is 5.97 Å². The molecule has 0 aromatic heterocycles. The molecule has 0 aliphatic carbocycles. The maximum absolute atomic E-state index is 14.8. The Balaban J connectivity index is 1.55. The molecular weight excluding hydrogens is 1170 g/mol. The monoisotopic (exact) mass is 1260 g/mol. The fourth-order valence-electron chi connectivity index (χ4n) is 10.3. The summed E-state index contributed by atoms with van der Waals surface area (Å²) < 4.78 is 0. The third-order valence-corrected chi connectivity index (χ3v) is 15.2. The summed E-state index contributed by atoms with van der Waals surface area (Å²) in [6, 6.07) is 1.57. The number of hydrogen-bond acceptors (Lipinski definition) is 16. The van der Waals surface area contributed by atoms with Crippen LogP contribution in [-0.2, 0) is 65.6 Å². The van der Waals surface area contributed by atoms with Gasteiger partial charge in [0.2, 0.25) is 59.1 Å². The van der Waals surface area contributed by atoms with Crippen molar-refractivity contribution in [2.45, 2.75) is 165 Å². The maximum Gasteiger partial charge on any atom is 0.326 e. The van der Waals surface area contributed by atoms with Crippen LogP contribution in [0.25, 0.3) is 0 Å². The lowest BCUT2D eigenvalue weighted by Crippen LogP contribution is -2.61. The van der Waals surface area contributed by atoms with Gasteiger partial charge in [0.15, 0.2) is 11.9 Å². The van der Waals surface area contributed by atoms with E-state index in [9.17, 15) is 63.0 Å². The Labute approximate surface area is 522 Å². The van der Waals surface area contributed by atoms with Gasteiger partial charge in [0.1, 0.15) is 60.1 Å². The molecule has 2 saturated heterocycles. The third kappa shape index (κ3) is 23.7. The number of likely N-dealkylation sites (tertiary alicyclic amines) is 2. The van der Waals surface area contributed by atoms with Gasteiger partial charge in [0.25, 0.3) is 0 Å². The van der Waals surface area contributed by atoms with Crippen molar-refractivity contribution in [3.05, 3.63) is 65.7 Å². The Bertz CT molecular complexity index is 2840. The lowest BCUT2D eigenvalue weighted by Gasteiger charge is -2.33. The molecule has 0 radical (unpaired) electrons. The van der Waals surface area contributed by atoms with E-state index in [1.54, 1.807) is 58.0 Å². The number of hydrogen-bond donors (Lipinski definition) is 16. The molecule has 2 aliphatic rings. The first-order valence-corrected chi connectivity index (χ1v) is 30.3. The summed E-state index contributed by atoms with van der Waals surface area (Å²) in [7, 11) is 0. The van der Waals surface area contributed by atoms with Crippen molar-refractivity contribution in [2.24, 2.45) is 56.2 Å². The molecule has 10 atom stereocenters. The Kier molecular flexibility index (Phi) is 29.4. The van der Waals surface area contributed by atoms with Gasteiger partial charge in [-0.2, -0.15) is 12.6 Å². The predicted octanol–water partition coefficient (Wildman–Crippen LogP) is -3.42. The van der Waals surface area contributed by atoms with E-state index in [0.29, 0.717) is 24.8 Å². The summed E-state index contributed by atoms with van der Waals surface area (Å²) in [6.07, 6.45) is 1.03. The van der Waals surface area contributed by atoms with Crippen LogP contribution in [0.3, 0.4) is 0 Å². The van der Waals surface area contributed by atoms with Crippen LogP contribution in [0.5, 0.6) is 5.75 Å². The number of aliphatic carboxylic acids is 1. The minimum atomic E-state index is -1.66. The molecule has 21 N–H and O–H groups in total. The highest BCUT2D eigenvalue weighted by Gasteiger charge is 2.43. The molecule has 10 amide bonds. The van der Waals surface area contributed by atoms with Crippen molar-refractivity contribution < 1.29 is 63.0 Å². The topological polar surface area (TPSA) is 500 Å². The van der Waals surface area contributed by atoms with Gasteiger partial charge in [-0.15, -0.1) is 0 Å². The van der Waals surface area contributed by atoms with E-state index in [2.05, 4.69) is 59.8 Å². The predicted molar refractivity (Wildman–Crippen MR) is 332 cm³/mol. The maximum atomic E-state index is 14.8. The Morgan fingerprint density at radius 3 is 1.57 bits per heavy atom. The van der Waals surface area contributed by atoms with Gasteiger partial charge in [-0.25, -0.2) is 4.79 Å². The fourth-order valence-corrected chi connectivity index (χ4v) is 10.5. The second kappa shape index (κ2) is 35.9. The van der Waals surface area contributed by atoms with E-state index in [-0.39, 0.29) is 107 Å². The van der Waals surface area contributed by atoms with Gasteiger partial charge in [-0.05, 0) is 92.9 Å². The van der Waals surface area contributed by atoms with Crippen LogP contribution >= 0.6 is 12.6 Å². The van der Waals surface area contributed by atoms with Crippen LogP contribution in [0.4, 0.5) is 0 Å². The molecule has 4 rings (SSSR count). The summed E-state index contributed by atoms with van der Waals surface area (Å²) in [5.41, 5.74) is 34.8. The average molecular weight is 1260 g/mol. The first-order chi connectivity index (χ1) is 42.1. The van der Waals surface area contributed by atoms with E-state index in [1.807, 2.05) is 0 Å². The SMILES string of the molecule is CC(C)C[C@H](NC(=O)[C@H](CC(N)=O)NC(=O)[C@H](CS)NC(=O)[C@H](Cc1ccc(O)cc1)NC(=O)[C@@H](NC(=O)[C@@H]1CCCN1C(=O)[C@H](CCCN=C(N)N)NC(=O)[C@@H]1CCCN1C(=O)[C@H](Cc1ccccc1)NC(=O)[C@@H](N)CCCN=C(N)N)C(C)C)C(=O)O. The summed E-state index contributed by atoms with van der Waals surface area (Å²) in [5.74, 6) is -11.0. The molecule has 0 spiro atoms. The molecule has 30 nitrogen and oxygen atoms in total. The number of aliphatic imine (C=N–C) groups is 2. The molecule has 2 aromatic rings. The lowest BCUT2D eigenvalue weighted by atomic mass is 10.00. The smallest absolute Gasteiger partial charge is 0.326 e. The largest absolute Gasteiger partial charge is 0.508 e. The van der Waals surface area contributed by atoms with Crippen LogP contribution < -0.4 is 71.6 Å². The van der Waals surface area contributed by atoms with Gasteiger partial charge in [0, 0.05) is 44.8 Å². The summed E-state index contributed by atoms with van der Waals surface area (Å²) in [6.45, 7) is 7.25. The highest BCUT2D eigenvalue weighted by atomic mass is 32.1. The van der Waals surface area contributed by atoms with Gasteiger partial charge in [-0.3, -0.25) is 57.9 Å². The van der Waals surface area contributed by atoms with Gasteiger partial charge in [-0.1, -0.05) is 70.2 Å². The highest BCUT2D eigenvalue weighted by molar-refractivity contribution is 7.80. The molecule has 2 aromatic carbocycles. The van der Waals surface area contributed by atoms with E-state index in [0.717, 1.165) is 5.56 Å². The number of carbonyl (C=O) groups excluding carboxylic acids is 10. The number of nitrogens with one attached hydrogen (secondary N) is 7. The number of phenolic OH excluding ortho intramolecular Hbond substituents is 1. The Morgan fingerprint density at radius 1 is 0.573 bits per heavy atom.